The van der Waals surface area contributed by atoms with Crippen LogP contribution < -0.4 is 11.1 Å². The van der Waals surface area contributed by atoms with Gasteiger partial charge in [-0.15, -0.1) is 0 Å². The fraction of sp³-hybridized carbons (Fsp3) is 0.700. The number of nitrogens with one attached hydrogen (secondary N) is 1. The van der Waals surface area contributed by atoms with Crippen LogP contribution in [0.2, 0.25) is 0 Å². The van der Waals surface area contributed by atoms with E-state index in [1.807, 2.05) is 13.1 Å². The lowest BCUT2D eigenvalue weighted by atomic mass is 9.88. The van der Waals surface area contributed by atoms with E-state index < -0.39 is 0 Å². The molecule has 4 heteroatoms. The molecule has 1 aliphatic heterocycles. The summed E-state index contributed by atoms with van der Waals surface area (Å²) in [5, 5.41) is 7.96. The second-order valence-electron chi connectivity index (χ2n) is 4.29. The zero-order chi connectivity index (χ0) is 10.2. The summed E-state index contributed by atoms with van der Waals surface area (Å²) in [5.74, 6) is 0.730. The molecule has 0 amide bonds. The molecule has 1 atom stereocenters. The third kappa shape index (κ3) is 1.50. The van der Waals surface area contributed by atoms with Crippen LogP contribution in [0.1, 0.15) is 31.9 Å². The molecule has 1 aliphatic rings. The van der Waals surface area contributed by atoms with Gasteiger partial charge in [-0.1, -0.05) is 0 Å². The fourth-order valence-electron chi connectivity index (χ4n) is 2.03. The first-order valence-electron chi connectivity index (χ1n) is 5.17. The van der Waals surface area contributed by atoms with E-state index in [0.29, 0.717) is 0 Å². The van der Waals surface area contributed by atoms with Crippen molar-refractivity contribution in [3.05, 3.63) is 11.8 Å². The molecule has 0 spiro atoms. The average molecular weight is 194 g/mol. The van der Waals surface area contributed by atoms with E-state index in [0.717, 1.165) is 24.5 Å². The fourth-order valence-corrected chi connectivity index (χ4v) is 2.03. The molecule has 4 nitrogen and oxygen atoms in total. The van der Waals surface area contributed by atoms with Gasteiger partial charge in [0.05, 0.1) is 11.2 Å². The molecular weight excluding hydrogens is 176 g/mol. The van der Waals surface area contributed by atoms with Gasteiger partial charge in [0.15, 0.2) is 0 Å². The molecule has 0 bridgehead atoms. The molecule has 0 radical (unpaired) electrons. The van der Waals surface area contributed by atoms with Crippen molar-refractivity contribution in [3.63, 3.8) is 0 Å². The Bertz CT molecular complexity index is 303. The molecule has 2 heterocycles. The van der Waals surface area contributed by atoms with E-state index in [1.165, 1.54) is 12.8 Å². The van der Waals surface area contributed by atoms with E-state index in [4.69, 9.17) is 5.73 Å². The molecular formula is C10H18N4. The van der Waals surface area contributed by atoms with Gasteiger partial charge in [0.2, 0.25) is 0 Å². The van der Waals surface area contributed by atoms with Crippen LogP contribution in [0.5, 0.6) is 0 Å². The minimum Gasteiger partial charge on any atom is -0.384 e. The highest BCUT2D eigenvalue weighted by molar-refractivity contribution is 5.33. The van der Waals surface area contributed by atoms with Crippen LogP contribution >= 0.6 is 0 Å². The molecule has 1 fully saturated rings. The second kappa shape index (κ2) is 3.28. The molecule has 1 unspecified atom stereocenters. The molecule has 1 aromatic rings. The van der Waals surface area contributed by atoms with Crippen LogP contribution in [0.15, 0.2) is 6.07 Å². The summed E-state index contributed by atoms with van der Waals surface area (Å²) in [6.07, 6.45) is 3.67. The van der Waals surface area contributed by atoms with Crippen molar-refractivity contribution in [1.82, 2.24) is 15.1 Å². The summed E-state index contributed by atoms with van der Waals surface area (Å²) >= 11 is 0. The Hall–Kier alpha value is -1.03. The van der Waals surface area contributed by atoms with Gasteiger partial charge in [-0.25, -0.2) is 0 Å². The number of aryl methyl sites for hydroxylation is 1. The van der Waals surface area contributed by atoms with Crippen LogP contribution in [0, 0.1) is 0 Å². The van der Waals surface area contributed by atoms with E-state index in [1.54, 1.807) is 4.68 Å². The molecule has 78 valence electrons. The molecule has 1 saturated heterocycles. The Morgan fingerprint density at radius 2 is 2.36 bits per heavy atom. The van der Waals surface area contributed by atoms with E-state index in [-0.39, 0.29) is 5.54 Å². The first-order chi connectivity index (χ1) is 6.62. The first-order valence-corrected chi connectivity index (χ1v) is 5.17. The normalized spacial score (nSPS) is 27.9. The van der Waals surface area contributed by atoms with Crippen LogP contribution in [-0.4, -0.2) is 16.3 Å². The maximum atomic E-state index is 5.78. The molecule has 0 saturated carbocycles. The van der Waals surface area contributed by atoms with Gasteiger partial charge in [0, 0.05) is 13.1 Å². The molecule has 1 aromatic heterocycles. The molecule has 14 heavy (non-hydrogen) atoms. The number of hydrogen-bond donors (Lipinski definition) is 2. The summed E-state index contributed by atoms with van der Waals surface area (Å²) in [5.41, 5.74) is 6.87. The summed E-state index contributed by atoms with van der Waals surface area (Å²) in [6, 6.07) is 1.97. The topological polar surface area (TPSA) is 55.9 Å². The van der Waals surface area contributed by atoms with Crippen molar-refractivity contribution in [3.8, 4) is 0 Å². The van der Waals surface area contributed by atoms with Gasteiger partial charge in [-0.05, 0) is 32.7 Å². The minimum absolute atomic E-state index is 0.0215. The summed E-state index contributed by atoms with van der Waals surface area (Å²) in [7, 11) is 1.88. The summed E-state index contributed by atoms with van der Waals surface area (Å²) in [6.45, 7) is 3.28. The van der Waals surface area contributed by atoms with Gasteiger partial charge < -0.3 is 11.1 Å². The number of piperidine rings is 1. The van der Waals surface area contributed by atoms with Gasteiger partial charge in [-0.2, -0.15) is 5.10 Å². The SMILES string of the molecule is Cn1nc(C2(C)CCCCN2)cc1N. The number of aromatic nitrogens is 2. The maximum absolute atomic E-state index is 5.78. The summed E-state index contributed by atoms with van der Waals surface area (Å²) < 4.78 is 1.73. The van der Waals surface area contributed by atoms with Gasteiger partial charge in [-0.3, -0.25) is 4.68 Å². The Labute approximate surface area is 84.5 Å². The summed E-state index contributed by atoms with van der Waals surface area (Å²) in [4.78, 5) is 0. The maximum Gasteiger partial charge on any atom is 0.121 e. The molecule has 0 aliphatic carbocycles. The first kappa shape index (κ1) is 9.52. The lowest BCUT2D eigenvalue weighted by Crippen LogP contribution is -2.43. The second-order valence-corrected chi connectivity index (χ2v) is 4.29. The largest absolute Gasteiger partial charge is 0.384 e. The Morgan fingerprint density at radius 1 is 1.57 bits per heavy atom. The van der Waals surface area contributed by atoms with Crippen molar-refractivity contribution < 1.29 is 0 Å². The van der Waals surface area contributed by atoms with Gasteiger partial charge in [0.1, 0.15) is 5.82 Å². The predicted molar refractivity (Wildman–Crippen MR) is 56.8 cm³/mol. The van der Waals surface area contributed by atoms with Crippen molar-refractivity contribution >= 4 is 5.82 Å². The molecule has 3 N–H and O–H groups in total. The minimum atomic E-state index is 0.0215. The van der Waals surface area contributed by atoms with Crippen molar-refractivity contribution in [1.29, 1.82) is 0 Å². The van der Waals surface area contributed by atoms with Crippen LogP contribution in [0.25, 0.3) is 0 Å². The number of nitrogens with zero attached hydrogens (tertiary/aromatic N) is 2. The van der Waals surface area contributed by atoms with Crippen molar-refractivity contribution in [2.45, 2.75) is 31.7 Å². The predicted octanol–water partition coefficient (Wildman–Crippen LogP) is 0.991. The van der Waals surface area contributed by atoms with Gasteiger partial charge in [0.25, 0.3) is 0 Å². The van der Waals surface area contributed by atoms with Crippen LogP contribution in [0.3, 0.4) is 0 Å². The van der Waals surface area contributed by atoms with E-state index >= 15 is 0 Å². The van der Waals surface area contributed by atoms with Crippen LogP contribution in [-0.2, 0) is 12.6 Å². The van der Waals surface area contributed by atoms with E-state index in [9.17, 15) is 0 Å². The molecule has 0 aromatic carbocycles. The van der Waals surface area contributed by atoms with Gasteiger partial charge >= 0.3 is 0 Å². The quantitative estimate of drug-likeness (QED) is 0.701. The third-order valence-electron chi connectivity index (χ3n) is 3.10. The number of anilines is 1. The van der Waals surface area contributed by atoms with Crippen molar-refractivity contribution in [2.24, 2.45) is 7.05 Å². The highest BCUT2D eigenvalue weighted by atomic mass is 15.3. The number of nitrogens with two attached hydrogens (primary N) is 1. The number of hydrogen-bond acceptors (Lipinski definition) is 3. The standard InChI is InChI=1S/C10H18N4/c1-10(5-3-4-6-12-10)8-7-9(11)14(2)13-8/h7,12H,3-6,11H2,1-2H3. The lowest BCUT2D eigenvalue weighted by Gasteiger charge is -2.33. The number of rotatable bonds is 1. The zero-order valence-electron chi connectivity index (χ0n) is 8.88. The van der Waals surface area contributed by atoms with E-state index in [2.05, 4.69) is 17.3 Å². The molecule has 2 rings (SSSR count). The highest BCUT2D eigenvalue weighted by Crippen LogP contribution is 2.29. The van der Waals surface area contributed by atoms with Crippen molar-refractivity contribution in [2.75, 3.05) is 12.3 Å². The Kier molecular flexibility index (Phi) is 2.23. The van der Waals surface area contributed by atoms with Crippen LogP contribution in [0.4, 0.5) is 5.82 Å². The number of nitrogen functional groups attached to an aromatic ring is 1. The lowest BCUT2D eigenvalue weighted by molar-refractivity contribution is 0.275. The monoisotopic (exact) mass is 194 g/mol. The third-order valence-corrected chi connectivity index (χ3v) is 3.10. The highest BCUT2D eigenvalue weighted by Gasteiger charge is 2.30. The Morgan fingerprint density at radius 3 is 2.86 bits per heavy atom. The smallest absolute Gasteiger partial charge is 0.121 e. The zero-order valence-corrected chi connectivity index (χ0v) is 8.88. The Balaban J connectivity index is 2.28. The average Bonchev–Trinajstić information content (AvgIpc) is 2.49.